The molecule has 136 valence electrons. The van der Waals surface area contributed by atoms with E-state index in [-0.39, 0.29) is 18.4 Å². The van der Waals surface area contributed by atoms with E-state index in [1.165, 1.54) is 0 Å². The number of hydrogen-bond donors (Lipinski definition) is 2. The van der Waals surface area contributed by atoms with E-state index in [0.29, 0.717) is 11.3 Å². The molecule has 0 aliphatic rings. The Morgan fingerprint density at radius 1 is 0.815 bits per heavy atom. The normalized spacial score (nSPS) is 10.1. The van der Waals surface area contributed by atoms with Gasteiger partial charge in [0.1, 0.15) is 0 Å². The lowest BCUT2D eigenvalue weighted by molar-refractivity contribution is -0.116. The van der Waals surface area contributed by atoms with Gasteiger partial charge in [-0.2, -0.15) is 0 Å². The molecule has 0 bridgehead atoms. The summed E-state index contributed by atoms with van der Waals surface area (Å²) in [5.74, 6) is -0.229. The van der Waals surface area contributed by atoms with Crippen LogP contribution < -0.4 is 15.5 Å². The molecular formula is C22H21N3O2. The molecule has 0 atom stereocenters. The van der Waals surface area contributed by atoms with Crippen molar-refractivity contribution in [3.8, 4) is 0 Å². The molecule has 0 aliphatic carbocycles. The Kier molecular flexibility index (Phi) is 5.84. The van der Waals surface area contributed by atoms with Gasteiger partial charge in [0.15, 0.2) is 0 Å². The quantitative estimate of drug-likeness (QED) is 0.699. The Labute approximate surface area is 158 Å². The van der Waals surface area contributed by atoms with Crippen molar-refractivity contribution in [2.75, 3.05) is 29.1 Å². The summed E-state index contributed by atoms with van der Waals surface area (Å²) in [6, 6.07) is 25.8. The van der Waals surface area contributed by atoms with E-state index in [2.05, 4.69) is 10.6 Å². The number of carbonyl (C=O) groups is 2. The van der Waals surface area contributed by atoms with Crippen LogP contribution in [0.2, 0.25) is 0 Å². The van der Waals surface area contributed by atoms with E-state index in [4.69, 9.17) is 0 Å². The highest BCUT2D eigenvalue weighted by Crippen LogP contribution is 2.17. The van der Waals surface area contributed by atoms with Gasteiger partial charge in [-0.1, -0.05) is 42.5 Å². The summed E-state index contributed by atoms with van der Waals surface area (Å²) in [6.07, 6.45) is 0. The number of rotatable bonds is 6. The van der Waals surface area contributed by atoms with Gasteiger partial charge >= 0.3 is 0 Å². The third-order valence-electron chi connectivity index (χ3n) is 4.12. The fraction of sp³-hybridized carbons (Fsp3) is 0.0909. The van der Waals surface area contributed by atoms with Gasteiger partial charge in [0, 0.05) is 29.7 Å². The van der Waals surface area contributed by atoms with Gasteiger partial charge in [0.2, 0.25) is 5.91 Å². The molecule has 0 heterocycles. The van der Waals surface area contributed by atoms with E-state index in [1.807, 2.05) is 66.7 Å². The number of hydrogen-bond acceptors (Lipinski definition) is 3. The standard InChI is InChI=1S/C22H21N3O2/c1-25(20-13-6-3-7-14-20)21(26)16-23-18-11-8-12-19(15-18)24-22(27)17-9-4-2-5-10-17/h2-15,23H,16H2,1H3,(H,24,27). The molecule has 2 amide bonds. The van der Waals surface area contributed by atoms with Gasteiger partial charge in [-0.3, -0.25) is 9.59 Å². The molecule has 5 nitrogen and oxygen atoms in total. The third kappa shape index (κ3) is 4.95. The average molecular weight is 359 g/mol. The van der Waals surface area contributed by atoms with E-state index in [1.54, 1.807) is 30.1 Å². The van der Waals surface area contributed by atoms with Crippen molar-refractivity contribution < 1.29 is 9.59 Å². The smallest absolute Gasteiger partial charge is 0.255 e. The lowest BCUT2D eigenvalue weighted by atomic mass is 10.2. The molecule has 5 heteroatoms. The molecule has 0 saturated carbocycles. The van der Waals surface area contributed by atoms with Crippen LogP contribution >= 0.6 is 0 Å². The Hall–Kier alpha value is -3.60. The monoisotopic (exact) mass is 359 g/mol. The highest BCUT2D eigenvalue weighted by molar-refractivity contribution is 6.04. The third-order valence-corrected chi connectivity index (χ3v) is 4.12. The summed E-state index contributed by atoms with van der Waals surface area (Å²) in [4.78, 5) is 26.2. The second kappa shape index (κ2) is 8.67. The summed E-state index contributed by atoms with van der Waals surface area (Å²) in [5, 5.41) is 5.97. The molecule has 0 aromatic heterocycles. The number of carbonyl (C=O) groups excluding carboxylic acids is 2. The largest absolute Gasteiger partial charge is 0.376 e. The topological polar surface area (TPSA) is 61.4 Å². The minimum Gasteiger partial charge on any atom is -0.376 e. The van der Waals surface area contributed by atoms with Crippen LogP contribution in [0.15, 0.2) is 84.9 Å². The van der Waals surface area contributed by atoms with E-state index >= 15 is 0 Å². The first kappa shape index (κ1) is 18.2. The highest BCUT2D eigenvalue weighted by Gasteiger charge is 2.10. The zero-order valence-electron chi connectivity index (χ0n) is 15.1. The fourth-order valence-electron chi connectivity index (χ4n) is 2.59. The molecular weight excluding hydrogens is 338 g/mol. The van der Waals surface area contributed by atoms with Crippen LogP contribution in [0.3, 0.4) is 0 Å². The molecule has 0 spiro atoms. The highest BCUT2D eigenvalue weighted by atomic mass is 16.2. The first-order chi connectivity index (χ1) is 13.1. The van der Waals surface area contributed by atoms with E-state index in [0.717, 1.165) is 11.4 Å². The molecule has 0 fully saturated rings. The predicted molar refractivity (Wildman–Crippen MR) is 109 cm³/mol. The van der Waals surface area contributed by atoms with Crippen molar-refractivity contribution >= 4 is 28.9 Å². The van der Waals surface area contributed by atoms with Crippen molar-refractivity contribution in [3.63, 3.8) is 0 Å². The minimum absolute atomic E-state index is 0.0556. The van der Waals surface area contributed by atoms with Crippen LogP contribution in [0.4, 0.5) is 17.1 Å². The summed E-state index contributed by atoms with van der Waals surface area (Å²) in [7, 11) is 1.75. The van der Waals surface area contributed by atoms with Crippen LogP contribution in [0.5, 0.6) is 0 Å². The summed E-state index contributed by atoms with van der Waals surface area (Å²) in [6.45, 7) is 0.154. The molecule has 0 saturated heterocycles. The molecule has 27 heavy (non-hydrogen) atoms. The zero-order valence-corrected chi connectivity index (χ0v) is 15.1. The summed E-state index contributed by atoms with van der Waals surface area (Å²) in [5.41, 5.74) is 2.86. The SMILES string of the molecule is CN(C(=O)CNc1cccc(NC(=O)c2ccccc2)c1)c1ccccc1. The van der Waals surface area contributed by atoms with Gasteiger partial charge in [-0.15, -0.1) is 0 Å². The first-order valence-electron chi connectivity index (χ1n) is 8.65. The maximum absolute atomic E-state index is 12.4. The Morgan fingerprint density at radius 3 is 2.15 bits per heavy atom. The van der Waals surface area contributed by atoms with Gasteiger partial charge in [0.05, 0.1) is 6.54 Å². The van der Waals surface area contributed by atoms with Crippen LogP contribution in [0.25, 0.3) is 0 Å². The van der Waals surface area contributed by atoms with Crippen molar-refractivity contribution in [3.05, 3.63) is 90.5 Å². The molecule has 2 N–H and O–H groups in total. The number of anilines is 3. The van der Waals surface area contributed by atoms with Crippen molar-refractivity contribution in [1.82, 2.24) is 0 Å². The summed E-state index contributed by atoms with van der Waals surface area (Å²) >= 11 is 0. The predicted octanol–water partition coefficient (Wildman–Crippen LogP) is 4.01. The lowest BCUT2D eigenvalue weighted by Gasteiger charge is -2.18. The first-order valence-corrected chi connectivity index (χ1v) is 8.65. The van der Waals surface area contributed by atoms with Gasteiger partial charge < -0.3 is 15.5 Å². The number of nitrogens with zero attached hydrogens (tertiary/aromatic N) is 1. The molecule has 0 radical (unpaired) electrons. The average Bonchev–Trinajstić information content (AvgIpc) is 2.73. The number of nitrogens with one attached hydrogen (secondary N) is 2. The Balaban J connectivity index is 1.59. The van der Waals surface area contributed by atoms with Crippen molar-refractivity contribution in [2.24, 2.45) is 0 Å². The second-order valence-electron chi connectivity index (χ2n) is 6.04. The summed E-state index contributed by atoms with van der Waals surface area (Å²) < 4.78 is 0. The number of amides is 2. The zero-order chi connectivity index (χ0) is 19.1. The van der Waals surface area contributed by atoms with E-state index < -0.39 is 0 Å². The molecule has 0 aliphatic heterocycles. The maximum Gasteiger partial charge on any atom is 0.255 e. The molecule has 0 unspecified atom stereocenters. The Morgan fingerprint density at radius 2 is 1.44 bits per heavy atom. The van der Waals surface area contributed by atoms with Gasteiger partial charge in [-0.25, -0.2) is 0 Å². The fourth-order valence-corrected chi connectivity index (χ4v) is 2.59. The van der Waals surface area contributed by atoms with Crippen molar-refractivity contribution in [2.45, 2.75) is 0 Å². The van der Waals surface area contributed by atoms with Crippen LogP contribution in [-0.2, 0) is 4.79 Å². The van der Waals surface area contributed by atoms with Crippen molar-refractivity contribution in [1.29, 1.82) is 0 Å². The van der Waals surface area contributed by atoms with Gasteiger partial charge in [-0.05, 0) is 42.5 Å². The minimum atomic E-state index is -0.173. The van der Waals surface area contributed by atoms with Crippen LogP contribution in [0, 0.1) is 0 Å². The molecule has 3 aromatic rings. The number of likely N-dealkylation sites (N-methyl/N-ethyl adjacent to an activating group) is 1. The number of benzene rings is 3. The van der Waals surface area contributed by atoms with Crippen LogP contribution in [0.1, 0.15) is 10.4 Å². The Bertz CT molecular complexity index is 911. The number of para-hydroxylation sites is 1. The van der Waals surface area contributed by atoms with E-state index in [9.17, 15) is 9.59 Å². The lowest BCUT2D eigenvalue weighted by Crippen LogP contribution is -2.32. The van der Waals surface area contributed by atoms with Gasteiger partial charge in [0.25, 0.3) is 5.91 Å². The molecule has 3 aromatic carbocycles. The molecule has 3 rings (SSSR count). The maximum atomic E-state index is 12.4. The second-order valence-corrected chi connectivity index (χ2v) is 6.04. The van der Waals surface area contributed by atoms with Crippen LogP contribution in [-0.4, -0.2) is 25.4 Å².